The first-order valence-corrected chi connectivity index (χ1v) is 5.78. The Morgan fingerprint density at radius 2 is 1.93 bits per heavy atom. The fourth-order valence-electron chi connectivity index (χ4n) is 1.71. The van der Waals surface area contributed by atoms with E-state index >= 15 is 0 Å². The summed E-state index contributed by atoms with van der Waals surface area (Å²) in [6.45, 7) is 2.15. The lowest BCUT2D eigenvalue weighted by Gasteiger charge is -2.18. The third-order valence-corrected chi connectivity index (χ3v) is 3.37. The molecule has 0 bridgehead atoms. The fraction of sp³-hybridized carbons (Fsp3) is 0.400. The van der Waals surface area contributed by atoms with Gasteiger partial charge in [0.15, 0.2) is 0 Å². The zero-order valence-electron chi connectivity index (χ0n) is 7.63. The second-order valence-electron chi connectivity index (χ2n) is 3.45. The zero-order chi connectivity index (χ0) is 10.1. The summed E-state index contributed by atoms with van der Waals surface area (Å²) in [7, 11) is 0. The van der Waals surface area contributed by atoms with Gasteiger partial charge in [0, 0.05) is 18.8 Å². The van der Waals surface area contributed by atoms with E-state index in [1.807, 2.05) is 12.1 Å². The maximum absolute atomic E-state index is 9.48. The highest BCUT2D eigenvalue weighted by Gasteiger charge is 2.15. The smallest absolute Gasteiger partial charge is 0.148 e. The summed E-state index contributed by atoms with van der Waals surface area (Å²) in [5.74, 6) is 0.120. The van der Waals surface area contributed by atoms with Gasteiger partial charge in [-0.3, -0.25) is 0 Å². The van der Waals surface area contributed by atoms with Gasteiger partial charge in [0.25, 0.3) is 0 Å². The van der Waals surface area contributed by atoms with Crippen LogP contribution in [0.3, 0.4) is 0 Å². The molecule has 2 rings (SSSR count). The molecule has 0 atom stereocenters. The molecule has 14 heavy (non-hydrogen) atoms. The molecular weight excluding hydrogens is 265 g/mol. The molecule has 0 unspecified atom stereocenters. The van der Waals surface area contributed by atoms with E-state index in [-0.39, 0.29) is 5.75 Å². The summed E-state index contributed by atoms with van der Waals surface area (Å²) in [4.78, 5) is 2.27. The maximum atomic E-state index is 9.48. The highest BCUT2D eigenvalue weighted by Crippen LogP contribution is 2.36. The first kappa shape index (κ1) is 10.1. The number of aromatic hydroxyl groups is 1. The molecule has 1 saturated heterocycles. The third kappa shape index (κ3) is 1.84. The summed E-state index contributed by atoms with van der Waals surface area (Å²) in [5, 5.41) is 9.88. The summed E-state index contributed by atoms with van der Waals surface area (Å²) in [6, 6.07) is 3.72. The molecule has 1 aromatic carbocycles. The Morgan fingerprint density at radius 1 is 1.29 bits per heavy atom. The average molecular weight is 277 g/mol. The van der Waals surface area contributed by atoms with Crippen LogP contribution in [0, 0.1) is 0 Å². The van der Waals surface area contributed by atoms with Gasteiger partial charge in [0.2, 0.25) is 0 Å². The van der Waals surface area contributed by atoms with Gasteiger partial charge in [-0.15, -0.1) is 0 Å². The van der Waals surface area contributed by atoms with Crippen molar-refractivity contribution in [3.63, 3.8) is 0 Å². The van der Waals surface area contributed by atoms with Crippen molar-refractivity contribution in [3.8, 4) is 5.75 Å². The first-order valence-electron chi connectivity index (χ1n) is 4.61. The Balaban J connectivity index is 2.34. The molecule has 1 fully saturated rings. The van der Waals surface area contributed by atoms with Crippen LogP contribution < -0.4 is 4.90 Å². The fourth-order valence-corrected chi connectivity index (χ4v) is 2.49. The van der Waals surface area contributed by atoms with Crippen molar-refractivity contribution in [1.82, 2.24) is 0 Å². The predicted molar refractivity (Wildman–Crippen MR) is 62.3 cm³/mol. The SMILES string of the molecule is Oc1c(Cl)cc(N2CCCC2)cc1Br. The van der Waals surface area contributed by atoms with E-state index in [0.29, 0.717) is 9.50 Å². The van der Waals surface area contributed by atoms with E-state index in [2.05, 4.69) is 20.8 Å². The molecule has 1 N–H and O–H groups in total. The van der Waals surface area contributed by atoms with Crippen molar-refractivity contribution in [3.05, 3.63) is 21.6 Å². The number of anilines is 1. The van der Waals surface area contributed by atoms with E-state index < -0.39 is 0 Å². The molecule has 1 aliphatic rings. The van der Waals surface area contributed by atoms with Crippen molar-refractivity contribution in [2.24, 2.45) is 0 Å². The lowest BCUT2D eigenvalue weighted by molar-refractivity contribution is 0.472. The van der Waals surface area contributed by atoms with Crippen molar-refractivity contribution >= 4 is 33.2 Å². The average Bonchev–Trinajstić information content (AvgIpc) is 2.66. The summed E-state index contributed by atoms with van der Waals surface area (Å²) >= 11 is 9.17. The van der Waals surface area contributed by atoms with E-state index in [9.17, 15) is 5.11 Å². The van der Waals surface area contributed by atoms with Gasteiger partial charge in [-0.25, -0.2) is 0 Å². The van der Waals surface area contributed by atoms with Crippen molar-refractivity contribution in [2.45, 2.75) is 12.8 Å². The van der Waals surface area contributed by atoms with Crippen LogP contribution >= 0.6 is 27.5 Å². The lowest BCUT2D eigenvalue weighted by atomic mass is 10.3. The minimum Gasteiger partial charge on any atom is -0.505 e. The number of benzene rings is 1. The molecular formula is C10H11BrClNO. The molecule has 1 heterocycles. The second kappa shape index (κ2) is 3.99. The van der Waals surface area contributed by atoms with Crippen LogP contribution in [0.15, 0.2) is 16.6 Å². The quantitative estimate of drug-likeness (QED) is 0.850. The minimum absolute atomic E-state index is 0.120. The van der Waals surface area contributed by atoms with Crippen LogP contribution in [-0.2, 0) is 0 Å². The Morgan fingerprint density at radius 3 is 2.50 bits per heavy atom. The number of halogens is 2. The van der Waals surface area contributed by atoms with Crippen LogP contribution in [0.4, 0.5) is 5.69 Å². The third-order valence-electron chi connectivity index (χ3n) is 2.47. The first-order chi connectivity index (χ1) is 6.68. The molecule has 1 aliphatic heterocycles. The lowest BCUT2D eigenvalue weighted by Crippen LogP contribution is -2.17. The molecule has 1 aromatic rings. The highest BCUT2D eigenvalue weighted by atomic mass is 79.9. The van der Waals surface area contributed by atoms with E-state index in [0.717, 1.165) is 18.8 Å². The van der Waals surface area contributed by atoms with Crippen molar-refractivity contribution in [1.29, 1.82) is 0 Å². The molecule has 0 amide bonds. The standard InChI is InChI=1S/C10H11BrClNO/c11-8-5-7(6-9(12)10(8)14)13-3-1-2-4-13/h5-6,14H,1-4H2. The number of rotatable bonds is 1. The molecule has 0 radical (unpaired) electrons. The molecule has 0 saturated carbocycles. The Kier molecular flexibility index (Phi) is 2.88. The van der Waals surface area contributed by atoms with Crippen LogP contribution in [0.25, 0.3) is 0 Å². The topological polar surface area (TPSA) is 23.5 Å². The van der Waals surface area contributed by atoms with E-state index in [1.54, 1.807) is 0 Å². The van der Waals surface area contributed by atoms with Crippen LogP contribution in [-0.4, -0.2) is 18.2 Å². The summed E-state index contributed by atoms with van der Waals surface area (Å²) in [5.41, 5.74) is 1.08. The van der Waals surface area contributed by atoms with Gasteiger partial charge in [0.05, 0.1) is 9.50 Å². The number of phenolic OH excluding ortho intramolecular Hbond substituents is 1. The minimum atomic E-state index is 0.120. The summed E-state index contributed by atoms with van der Waals surface area (Å²) < 4.78 is 0.659. The number of hydrogen-bond donors (Lipinski definition) is 1. The van der Waals surface area contributed by atoms with Crippen LogP contribution in [0.1, 0.15) is 12.8 Å². The Labute approximate surface area is 96.6 Å². The van der Waals surface area contributed by atoms with Crippen LogP contribution in [0.2, 0.25) is 5.02 Å². The predicted octanol–water partition coefficient (Wildman–Crippen LogP) is 3.41. The van der Waals surface area contributed by atoms with Crippen molar-refractivity contribution in [2.75, 3.05) is 18.0 Å². The number of hydrogen-bond acceptors (Lipinski definition) is 2. The molecule has 0 aromatic heterocycles. The Hall–Kier alpha value is -0.410. The van der Waals surface area contributed by atoms with E-state index in [1.165, 1.54) is 12.8 Å². The molecule has 4 heteroatoms. The normalized spacial score (nSPS) is 16.3. The summed E-state index contributed by atoms with van der Waals surface area (Å²) in [6.07, 6.45) is 2.46. The highest BCUT2D eigenvalue weighted by molar-refractivity contribution is 9.10. The monoisotopic (exact) mass is 275 g/mol. The zero-order valence-corrected chi connectivity index (χ0v) is 9.98. The van der Waals surface area contributed by atoms with Gasteiger partial charge in [-0.05, 0) is 40.9 Å². The largest absolute Gasteiger partial charge is 0.505 e. The second-order valence-corrected chi connectivity index (χ2v) is 4.71. The van der Waals surface area contributed by atoms with Crippen LogP contribution in [0.5, 0.6) is 5.75 Å². The van der Waals surface area contributed by atoms with Gasteiger partial charge in [-0.2, -0.15) is 0 Å². The number of nitrogens with zero attached hydrogens (tertiary/aromatic N) is 1. The molecule has 0 aliphatic carbocycles. The Bertz CT molecular complexity index is 327. The van der Waals surface area contributed by atoms with E-state index in [4.69, 9.17) is 11.6 Å². The van der Waals surface area contributed by atoms with Gasteiger partial charge < -0.3 is 10.0 Å². The van der Waals surface area contributed by atoms with Gasteiger partial charge in [-0.1, -0.05) is 11.6 Å². The van der Waals surface area contributed by atoms with Gasteiger partial charge >= 0.3 is 0 Å². The molecule has 2 nitrogen and oxygen atoms in total. The maximum Gasteiger partial charge on any atom is 0.148 e. The molecule has 76 valence electrons. The number of phenols is 1. The van der Waals surface area contributed by atoms with Gasteiger partial charge in [0.1, 0.15) is 5.75 Å². The molecule has 0 spiro atoms. The van der Waals surface area contributed by atoms with Crippen molar-refractivity contribution < 1.29 is 5.11 Å².